The number of nitrogens with two attached hydrogens (primary N) is 1. The van der Waals surface area contributed by atoms with Crippen molar-refractivity contribution in [3.8, 4) is 0 Å². The molecule has 0 aromatic heterocycles. The lowest BCUT2D eigenvalue weighted by molar-refractivity contribution is 0.0768. The Morgan fingerprint density at radius 3 is 2.45 bits per heavy atom. The van der Waals surface area contributed by atoms with Gasteiger partial charge in [0.15, 0.2) is 0 Å². The van der Waals surface area contributed by atoms with E-state index >= 15 is 0 Å². The molecule has 2 nitrogen and oxygen atoms in total. The molecule has 1 aromatic rings. The Labute approximate surface area is 131 Å². The van der Waals surface area contributed by atoms with Crippen LogP contribution in [0.25, 0.3) is 0 Å². The smallest absolute Gasteiger partial charge is 0.0358 e. The third kappa shape index (κ3) is 3.26. The first-order valence-corrected chi connectivity index (χ1v) is 8.66. The van der Waals surface area contributed by atoms with Gasteiger partial charge in [0.2, 0.25) is 0 Å². The van der Waals surface area contributed by atoms with Gasteiger partial charge in [0.1, 0.15) is 0 Å². The fourth-order valence-corrected chi connectivity index (χ4v) is 4.17. The van der Waals surface area contributed by atoms with Crippen molar-refractivity contribution in [1.29, 1.82) is 0 Å². The van der Waals surface area contributed by atoms with E-state index in [2.05, 4.69) is 58.9 Å². The van der Waals surface area contributed by atoms with Crippen molar-refractivity contribution in [3.63, 3.8) is 0 Å². The predicted octanol–water partition coefficient (Wildman–Crippen LogP) is 3.97. The molecule has 0 saturated carbocycles. The number of nitrogens with zero attached hydrogens (tertiary/aromatic N) is 1. The fraction of sp³-hybridized carbons (Fsp3) is 0.647. The molecule has 0 radical (unpaired) electrons. The standard InChI is InChI=1S/C17H27BrN2/c1-3-17(4-2,20-10-5-6-11-20)16(19)13-14-8-7-9-15(18)12-14/h7-9,12,16H,3-6,10-11,13,19H2,1-2H3. The normalized spacial score (nSPS) is 18.4. The summed E-state index contributed by atoms with van der Waals surface area (Å²) in [5, 5.41) is 0. The van der Waals surface area contributed by atoms with E-state index in [1.54, 1.807) is 0 Å². The molecule has 1 aliphatic rings. The molecule has 3 heteroatoms. The van der Waals surface area contributed by atoms with Crippen LogP contribution in [-0.4, -0.2) is 29.6 Å². The van der Waals surface area contributed by atoms with Crippen molar-refractivity contribution >= 4 is 15.9 Å². The highest BCUT2D eigenvalue weighted by Crippen LogP contribution is 2.32. The van der Waals surface area contributed by atoms with Crippen LogP contribution in [0.2, 0.25) is 0 Å². The first-order valence-electron chi connectivity index (χ1n) is 7.87. The Balaban J connectivity index is 2.16. The minimum absolute atomic E-state index is 0.165. The largest absolute Gasteiger partial charge is 0.326 e. The van der Waals surface area contributed by atoms with Gasteiger partial charge in [0, 0.05) is 16.1 Å². The molecule has 20 heavy (non-hydrogen) atoms. The summed E-state index contributed by atoms with van der Waals surface area (Å²) in [4.78, 5) is 2.65. The van der Waals surface area contributed by atoms with Crippen LogP contribution in [0.15, 0.2) is 28.7 Å². The molecule has 1 unspecified atom stereocenters. The molecule has 1 fully saturated rings. The van der Waals surface area contributed by atoms with Gasteiger partial charge >= 0.3 is 0 Å². The van der Waals surface area contributed by atoms with Crippen molar-refractivity contribution < 1.29 is 0 Å². The molecular weight excluding hydrogens is 312 g/mol. The van der Waals surface area contributed by atoms with Crippen molar-refractivity contribution in [2.24, 2.45) is 5.73 Å². The molecule has 0 bridgehead atoms. The van der Waals surface area contributed by atoms with E-state index in [-0.39, 0.29) is 11.6 Å². The molecular formula is C17H27BrN2. The SMILES string of the molecule is CCC(CC)(C(N)Cc1cccc(Br)c1)N1CCCC1. The second kappa shape index (κ2) is 7.06. The quantitative estimate of drug-likeness (QED) is 0.850. The van der Waals surface area contributed by atoms with E-state index < -0.39 is 0 Å². The molecule has 1 heterocycles. The molecule has 2 rings (SSSR count). The second-order valence-corrected chi connectivity index (χ2v) is 6.86. The van der Waals surface area contributed by atoms with Crippen LogP contribution in [0.1, 0.15) is 45.1 Å². The highest BCUT2D eigenvalue weighted by Gasteiger charge is 2.40. The molecule has 0 spiro atoms. The first kappa shape index (κ1) is 16.0. The maximum atomic E-state index is 6.68. The van der Waals surface area contributed by atoms with Crippen molar-refractivity contribution in [2.75, 3.05) is 13.1 Å². The summed E-state index contributed by atoms with van der Waals surface area (Å²) in [6, 6.07) is 8.75. The van der Waals surface area contributed by atoms with Gasteiger partial charge in [-0.2, -0.15) is 0 Å². The van der Waals surface area contributed by atoms with Crippen LogP contribution in [0.3, 0.4) is 0 Å². The zero-order valence-corrected chi connectivity index (χ0v) is 14.3. The van der Waals surface area contributed by atoms with E-state index in [0.29, 0.717) is 0 Å². The van der Waals surface area contributed by atoms with Gasteiger partial charge in [-0.05, 0) is 62.9 Å². The molecule has 2 N–H and O–H groups in total. The van der Waals surface area contributed by atoms with Gasteiger partial charge in [0.05, 0.1) is 0 Å². The number of hydrogen-bond donors (Lipinski definition) is 1. The van der Waals surface area contributed by atoms with Crippen LogP contribution < -0.4 is 5.73 Å². The van der Waals surface area contributed by atoms with Gasteiger partial charge in [-0.3, -0.25) is 4.90 Å². The molecule has 1 saturated heterocycles. The van der Waals surface area contributed by atoms with Gasteiger partial charge in [0.25, 0.3) is 0 Å². The zero-order chi connectivity index (χ0) is 14.6. The summed E-state index contributed by atoms with van der Waals surface area (Å²) in [6.45, 7) is 7.02. The van der Waals surface area contributed by atoms with Crippen molar-refractivity contribution in [1.82, 2.24) is 4.90 Å². The van der Waals surface area contributed by atoms with E-state index in [9.17, 15) is 0 Å². The Hall–Kier alpha value is -0.380. The maximum Gasteiger partial charge on any atom is 0.0358 e. The number of hydrogen-bond acceptors (Lipinski definition) is 2. The van der Waals surface area contributed by atoms with Crippen LogP contribution in [-0.2, 0) is 6.42 Å². The monoisotopic (exact) mass is 338 g/mol. The Morgan fingerprint density at radius 1 is 1.25 bits per heavy atom. The minimum atomic E-state index is 0.165. The lowest BCUT2D eigenvalue weighted by atomic mass is 9.80. The number of rotatable bonds is 6. The zero-order valence-electron chi connectivity index (χ0n) is 12.7. The third-order valence-corrected chi connectivity index (χ3v) is 5.49. The third-order valence-electron chi connectivity index (χ3n) is 5.00. The first-order chi connectivity index (χ1) is 9.62. The predicted molar refractivity (Wildman–Crippen MR) is 89.9 cm³/mol. The maximum absolute atomic E-state index is 6.68. The summed E-state index contributed by atoms with van der Waals surface area (Å²) in [5.41, 5.74) is 8.18. The lowest BCUT2D eigenvalue weighted by Gasteiger charge is -2.45. The number of likely N-dealkylation sites (tertiary alicyclic amines) is 1. The molecule has 0 amide bonds. The highest BCUT2D eigenvalue weighted by molar-refractivity contribution is 9.10. The summed E-state index contributed by atoms with van der Waals surface area (Å²) < 4.78 is 1.14. The average Bonchev–Trinajstić information content (AvgIpc) is 2.95. The Bertz CT molecular complexity index is 423. The average molecular weight is 339 g/mol. The number of benzene rings is 1. The van der Waals surface area contributed by atoms with Crippen molar-refractivity contribution in [3.05, 3.63) is 34.3 Å². The molecule has 1 atom stereocenters. The molecule has 112 valence electrons. The summed E-state index contributed by atoms with van der Waals surface area (Å²) in [5.74, 6) is 0. The summed E-state index contributed by atoms with van der Waals surface area (Å²) >= 11 is 3.55. The number of halogens is 1. The molecule has 1 aromatic carbocycles. The molecule has 0 aliphatic carbocycles. The van der Waals surface area contributed by atoms with Crippen LogP contribution in [0.4, 0.5) is 0 Å². The summed E-state index contributed by atoms with van der Waals surface area (Å²) in [7, 11) is 0. The van der Waals surface area contributed by atoms with E-state index in [1.807, 2.05) is 0 Å². The van der Waals surface area contributed by atoms with Gasteiger partial charge < -0.3 is 5.73 Å². The topological polar surface area (TPSA) is 29.3 Å². The van der Waals surface area contributed by atoms with E-state index in [4.69, 9.17) is 5.73 Å². The van der Waals surface area contributed by atoms with Gasteiger partial charge in [-0.25, -0.2) is 0 Å². The Morgan fingerprint density at radius 2 is 1.90 bits per heavy atom. The molecule has 1 aliphatic heterocycles. The lowest BCUT2D eigenvalue weighted by Crippen LogP contribution is -2.59. The minimum Gasteiger partial charge on any atom is -0.326 e. The second-order valence-electron chi connectivity index (χ2n) is 5.95. The van der Waals surface area contributed by atoms with Crippen LogP contribution in [0, 0.1) is 0 Å². The van der Waals surface area contributed by atoms with Gasteiger partial charge in [-0.15, -0.1) is 0 Å². The van der Waals surface area contributed by atoms with Crippen LogP contribution >= 0.6 is 15.9 Å². The highest BCUT2D eigenvalue weighted by atomic mass is 79.9. The van der Waals surface area contributed by atoms with Crippen molar-refractivity contribution in [2.45, 2.75) is 57.5 Å². The summed E-state index contributed by atoms with van der Waals surface area (Å²) in [6.07, 6.45) is 5.88. The van der Waals surface area contributed by atoms with Crippen LogP contribution in [0.5, 0.6) is 0 Å². The van der Waals surface area contributed by atoms with Gasteiger partial charge in [-0.1, -0.05) is 41.9 Å². The Kier molecular flexibility index (Phi) is 5.65. The van der Waals surface area contributed by atoms with E-state index in [0.717, 1.165) is 23.7 Å². The fourth-order valence-electron chi connectivity index (χ4n) is 3.73. The van der Waals surface area contributed by atoms with E-state index in [1.165, 1.54) is 31.5 Å².